The SMILES string of the molecule is CN1C(=O)CCC(NCc2ccc(O)c(F)c2)C1=O. The fraction of sp³-hybridized carbons (Fsp3) is 0.385. The van der Waals surface area contributed by atoms with E-state index in [1.807, 2.05) is 0 Å². The fourth-order valence-corrected chi connectivity index (χ4v) is 2.01. The number of benzene rings is 1. The van der Waals surface area contributed by atoms with E-state index in [0.29, 0.717) is 24.9 Å². The highest BCUT2D eigenvalue weighted by Gasteiger charge is 2.31. The molecule has 2 rings (SSSR count). The van der Waals surface area contributed by atoms with Crippen LogP contribution >= 0.6 is 0 Å². The second-order valence-corrected chi connectivity index (χ2v) is 4.55. The molecule has 1 fully saturated rings. The van der Waals surface area contributed by atoms with Crippen molar-refractivity contribution in [2.75, 3.05) is 7.05 Å². The molecular formula is C13H15FN2O3. The van der Waals surface area contributed by atoms with Crippen LogP contribution in [0.1, 0.15) is 18.4 Å². The van der Waals surface area contributed by atoms with Gasteiger partial charge in [0.1, 0.15) is 0 Å². The lowest BCUT2D eigenvalue weighted by Crippen LogP contribution is -2.51. The summed E-state index contributed by atoms with van der Waals surface area (Å²) in [6.45, 7) is 0.301. The zero-order valence-corrected chi connectivity index (χ0v) is 10.5. The Kier molecular flexibility index (Phi) is 3.80. The third-order valence-electron chi connectivity index (χ3n) is 3.21. The van der Waals surface area contributed by atoms with Crippen molar-refractivity contribution in [1.29, 1.82) is 0 Å². The Hall–Kier alpha value is -1.95. The third kappa shape index (κ3) is 2.90. The van der Waals surface area contributed by atoms with Crippen molar-refractivity contribution >= 4 is 11.8 Å². The molecule has 2 N–H and O–H groups in total. The van der Waals surface area contributed by atoms with E-state index in [9.17, 15) is 14.0 Å². The highest BCUT2D eigenvalue weighted by atomic mass is 19.1. The number of imide groups is 1. The molecule has 102 valence electrons. The van der Waals surface area contributed by atoms with Crippen LogP contribution in [0, 0.1) is 5.82 Å². The van der Waals surface area contributed by atoms with E-state index in [4.69, 9.17) is 5.11 Å². The van der Waals surface area contributed by atoms with E-state index in [1.54, 1.807) is 6.07 Å². The van der Waals surface area contributed by atoms with Crippen LogP contribution in [0.15, 0.2) is 18.2 Å². The highest BCUT2D eigenvalue weighted by Crippen LogP contribution is 2.17. The van der Waals surface area contributed by atoms with Gasteiger partial charge in [-0.15, -0.1) is 0 Å². The minimum atomic E-state index is -0.693. The van der Waals surface area contributed by atoms with Gasteiger partial charge in [-0.3, -0.25) is 14.5 Å². The van der Waals surface area contributed by atoms with Crippen molar-refractivity contribution in [3.63, 3.8) is 0 Å². The first-order valence-electron chi connectivity index (χ1n) is 6.00. The number of hydrogen-bond acceptors (Lipinski definition) is 4. The van der Waals surface area contributed by atoms with E-state index < -0.39 is 17.6 Å². The van der Waals surface area contributed by atoms with Crippen molar-refractivity contribution < 1.29 is 19.1 Å². The molecular weight excluding hydrogens is 251 g/mol. The number of nitrogens with zero attached hydrogens (tertiary/aromatic N) is 1. The predicted molar refractivity (Wildman–Crippen MR) is 65.7 cm³/mol. The molecule has 0 saturated carbocycles. The summed E-state index contributed by atoms with van der Waals surface area (Å²) in [7, 11) is 1.46. The van der Waals surface area contributed by atoms with Gasteiger partial charge in [-0.1, -0.05) is 6.07 Å². The van der Waals surface area contributed by atoms with E-state index in [0.717, 1.165) is 4.90 Å². The Balaban J connectivity index is 1.97. The molecule has 1 heterocycles. The standard InChI is InChI=1S/C13H15FN2O3/c1-16-12(18)5-3-10(13(16)19)15-7-8-2-4-11(17)9(14)6-8/h2,4,6,10,15,17H,3,5,7H2,1H3. The first kappa shape index (κ1) is 13.5. The number of phenolic OH excluding ortho intramolecular Hbond substituents is 1. The average Bonchev–Trinajstić information content (AvgIpc) is 2.39. The number of nitrogens with one attached hydrogen (secondary N) is 1. The van der Waals surface area contributed by atoms with Crippen molar-refractivity contribution in [1.82, 2.24) is 10.2 Å². The van der Waals surface area contributed by atoms with Gasteiger partial charge >= 0.3 is 0 Å². The molecule has 6 heteroatoms. The molecule has 5 nitrogen and oxygen atoms in total. The summed E-state index contributed by atoms with van der Waals surface area (Å²) in [6, 6.07) is 3.63. The topological polar surface area (TPSA) is 69.6 Å². The van der Waals surface area contributed by atoms with Gasteiger partial charge in [0.2, 0.25) is 11.8 Å². The van der Waals surface area contributed by atoms with Crippen LogP contribution in [0.4, 0.5) is 4.39 Å². The second-order valence-electron chi connectivity index (χ2n) is 4.55. The maximum absolute atomic E-state index is 13.1. The monoisotopic (exact) mass is 266 g/mol. The van der Waals surface area contributed by atoms with Gasteiger partial charge in [-0.25, -0.2) is 4.39 Å². The van der Waals surface area contributed by atoms with Crippen molar-refractivity contribution in [2.45, 2.75) is 25.4 Å². The van der Waals surface area contributed by atoms with Crippen LogP contribution in [0.2, 0.25) is 0 Å². The summed E-state index contributed by atoms with van der Waals surface area (Å²) in [5.74, 6) is -1.54. The van der Waals surface area contributed by atoms with Crippen LogP contribution in [0.25, 0.3) is 0 Å². The Morgan fingerprint density at radius 1 is 1.47 bits per heavy atom. The number of hydrogen-bond donors (Lipinski definition) is 2. The zero-order chi connectivity index (χ0) is 14.0. The van der Waals surface area contributed by atoms with Gasteiger partial charge < -0.3 is 10.4 Å². The summed E-state index contributed by atoms with van der Waals surface area (Å²) in [6.07, 6.45) is 0.770. The molecule has 1 aromatic carbocycles. The van der Waals surface area contributed by atoms with Gasteiger partial charge in [-0.2, -0.15) is 0 Å². The van der Waals surface area contributed by atoms with Gasteiger partial charge in [0.25, 0.3) is 0 Å². The normalized spacial score (nSPS) is 19.9. The molecule has 0 aliphatic carbocycles. The molecule has 1 atom stereocenters. The van der Waals surface area contributed by atoms with Crippen LogP contribution in [0.5, 0.6) is 5.75 Å². The number of amides is 2. The van der Waals surface area contributed by atoms with Crippen LogP contribution in [-0.4, -0.2) is 34.9 Å². The van der Waals surface area contributed by atoms with Crippen molar-refractivity contribution in [3.8, 4) is 5.75 Å². The number of carbonyl (C=O) groups excluding carboxylic acids is 2. The van der Waals surface area contributed by atoms with Gasteiger partial charge in [0.05, 0.1) is 6.04 Å². The van der Waals surface area contributed by atoms with Crippen LogP contribution < -0.4 is 5.32 Å². The largest absolute Gasteiger partial charge is 0.505 e. The molecule has 1 unspecified atom stereocenters. The first-order chi connectivity index (χ1) is 8.99. The third-order valence-corrected chi connectivity index (χ3v) is 3.21. The molecule has 0 spiro atoms. The minimum Gasteiger partial charge on any atom is -0.505 e. The Morgan fingerprint density at radius 3 is 2.89 bits per heavy atom. The van der Waals surface area contributed by atoms with Crippen molar-refractivity contribution in [3.05, 3.63) is 29.6 Å². The van der Waals surface area contributed by atoms with Gasteiger partial charge in [-0.05, 0) is 24.1 Å². The Labute approximate surface area is 110 Å². The van der Waals surface area contributed by atoms with E-state index in [2.05, 4.69) is 5.32 Å². The summed E-state index contributed by atoms with van der Waals surface area (Å²) < 4.78 is 13.1. The van der Waals surface area contributed by atoms with E-state index in [-0.39, 0.29) is 11.8 Å². The molecule has 1 saturated heterocycles. The molecule has 0 radical (unpaired) electrons. The fourth-order valence-electron chi connectivity index (χ4n) is 2.01. The van der Waals surface area contributed by atoms with Crippen molar-refractivity contribution in [2.24, 2.45) is 0 Å². The average molecular weight is 266 g/mol. The van der Waals surface area contributed by atoms with Crippen LogP contribution in [0.3, 0.4) is 0 Å². The first-order valence-corrected chi connectivity index (χ1v) is 6.00. The summed E-state index contributed by atoms with van der Waals surface area (Å²) in [4.78, 5) is 24.2. The molecule has 1 aliphatic rings. The lowest BCUT2D eigenvalue weighted by atomic mass is 10.0. The molecule has 1 aromatic rings. The lowest BCUT2D eigenvalue weighted by Gasteiger charge is -2.28. The smallest absolute Gasteiger partial charge is 0.246 e. The number of aromatic hydroxyl groups is 1. The van der Waals surface area contributed by atoms with Crippen LogP contribution in [-0.2, 0) is 16.1 Å². The lowest BCUT2D eigenvalue weighted by molar-refractivity contribution is -0.148. The summed E-state index contributed by atoms with van der Waals surface area (Å²) >= 11 is 0. The summed E-state index contributed by atoms with van der Waals surface area (Å²) in [5.41, 5.74) is 0.627. The number of likely N-dealkylation sites (tertiary alicyclic amines) is 1. The number of carbonyl (C=O) groups is 2. The second kappa shape index (κ2) is 5.36. The molecule has 1 aliphatic heterocycles. The number of piperidine rings is 1. The molecule has 0 aromatic heterocycles. The molecule has 2 amide bonds. The highest BCUT2D eigenvalue weighted by molar-refractivity contribution is 6.00. The zero-order valence-electron chi connectivity index (χ0n) is 10.5. The predicted octanol–water partition coefficient (Wildman–Crippen LogP) is 0.768. The maximum atomic E-state index is 13.1. The minimum absolute atomic E-state index is 0.182. The number of likely N-dealkylation sites (N-methyl/N-ethyl adjacent to an activating group) is 1. The molecule has 0 bridgehead atoms. The number of phenols is 1. The van der Waals surface area contributed by atoms with E-state index in [1.165, 1.54) is 19.2 Å². The molecule has 19 heavy (non-hydrogen) atoms. The van der Waals surface area contributed by atoms with Gasteiger partial charge in [0, 0.05) is 20.0 Å². The van der Waals surface area contributed by atoms with E-state index >= 15 is 0 Å². The number of halogens is 1. The maximum Gasteiger partial charge on any atom is 0.246 e. The summed E-state index contributed by atoms with van der Waals surface area (Å²) in [5, 5.41) is 12.1. The Bertz CT molecular complexity index is 519. The Morgan fingerprint density at radius 2 is 2.21 bits per heavy atom. The number of rotatable bonds is 3. The van der Waals surface area contributed by atoms with Gasteiger partial charge in [0.15, 0.2) is 11.6 Å². The quantitative estimate of drug-likeness (QED) is 0.793.